The largest absolute Gasteiger partial charge is 0.462 e. The van der Waals surface area contributed by atoms with Crippen molar-refractivity contribution < 1.29 is 144 Å². The Morgan fingerprint density at radius 3 is 1.72 bits per heavy atom. The fourth-order valence-electron chi connectivity index (χ4n) is 16.0. The maximum atomic E-state index is 13.6. The number of carbonyl (C=O) groups is 1. The van der Waals surface area contributed by atoms with Crippen molar-refractivity contribution in [2.45, 2.75) is 258 Å². The van der Waals surface area contributed by atoms with E-state index >= 15 is 0 Å². The zero-order chi connectivity index (χ0) is 61.7. The first kappa shape index (κ1) is 67.8. The third-order valence-corrected chi connectivity index (χ3v) is 20.9. The minimum Gasteiger partial charge on any atom is -0.462 e. The summed E-state index contributed by atoms with van der Waals surface area (Å²) in [6, 6.07) is 0. The first-order valence-corrected chi connectivity index (χ1v) is 30.2. The average molecular weight is 1230 g/mol. The van der Waals surface area contributed by atoms with Crippen LogP contribution in [0.25, 0.3) is 0 Å². The Hall–Kier alpha value is -1.61. The summed E-state index contributed by atoms with van der Waals surface area (Å²) in [6.07, 6.45) is -36.2. The van der Waals surface area contributed by atoms with E-state index in [0.29, 0.717) is 31.6 Å². The molecule has 5 heterocycles. The van der Waals surface area contributed by atoms with Crippen molar-refractivity contribution in [1.82, 2.24) is 0 Å². The van der Waals surface area contributed by atoms with Crippen LogP contribution in [0.15, 0.2) is 0 Å². The lowest BCUT2D eigenvalue weighted by molar-refractivity contribution is -0.404. The molecule has 17 N–H and O–H groups in total. The molecule has 0 aromatic heterocycles. The van der Waals surface area contributed by atoms with E-state index < -0.39 is 205 Å². The van der Waals surface area contributed by atoms with Gasteiger partial charge in [-0.1, -0.05) is 20.8 Å². The standard InChI is InChI=1S/C56H94O29/c1-21(19-75-50-44(72)40(68)37(65)30(15-57)79-50)5-8-34(63)78-29-14-27-25-7-6-23-13-24(9-11-55(23,3)26(25)10-12-56(27,4)35(29)22(2)61)77-52-46(74)42(70)47(33(18-60)82-52)83-54-49(85-53-45(73)41(69)38(66)31(16-58)80-53)48(39(67)32(17-59)81-54)84-51-43(71)36(64)28(62)20-76-51/h21-33,35-54,57-62,64-74H,5-20H2,1-4H3/t21-,22+,23+,24+,25-,26+,27+,28-,29+,30-,31-,32-,33-,35+,36+,37+,38+,39-,40+,41+,42-,43-,44-,45-,46-,47-,48+,49-,50-,51+,52-,53+,54+,55+,56+/m1/s1. The van der Waals surface area contributed by atoms with Gasteiger partial charge in [0.2, 0.25) is 0 Å². The van der Waals surface area contributed by atoms with Gasteiger partial charge in [-0.15, -0.1) is 0 Å². The third kappa shape index (κ3) is 13.5. The van der Waals surface area contributed by atoms with E-state index in [4.69, 9.17) is 52.1 Å². The molecule has 0 unspecified atom stereocenters. The molecule has 29 heteroatoms. The van der Waals surface area contributed by atoms with Crippen molar-refractivity contribution in [2.24, 2.45) is 46.3 Å². The zero-order valence-electron chi connectivity index (χ0n) is 48.4. The molecule has 4 aliphatic carbocycles. The van der Waals surface area contributed by atoms with E-state index in [2.05, 4.69) is 13.8 Å². The highest BCUT2D eigenvalue weighted by molar-refractivity contribution is 5.69. The summed E-state index contributed by atoms with van der Waals surface area (Å²) >= 11 is 0. The molecule has 35 atom stereocenters. The maximum Gasteiger partial charge on any atom is 0.306 e. The second-order valence-corrected chi connectivity index (χ2v) is 26.1. The van der Waals surface area contributed by atoms with Gasteiger partial charge in [0.1, 0.15) is 122 Å². The molecule has 9 fully saturated rings. The van der Waals surface area contributed by atoms with E-state index in [-0.39, 0.29) is 53.4 Å². The molecule has 4 saturated carbocycles. The summed E-state index contributed by atoms with van der Waals surface area (Å²) in [4.78, 5) is 13.6. The second kappa shape index (κ2) is 28.1. The Morgan fingerprint density at radius 1 is 0.529 bits per heavy atom. The number of carbonyl (C=O) groups excluding carboxylic acids is 1. The van der Waals surface area contributed by atoms with Gasteiger partial charge in [-0.2, -0.15) is 0 Å². The van der Waals surface area contributed by atoms with Gasteiger partial charge >= 0.3 is 5.97 Å². The Kier molecular flexibility index (Phi) is 22.4. The molecule has 5 saturated heterocycles. The highest BCUT2D eigenvalue weighted by Crippen LogP contribution is 2.68. The Morgan fingerprint density at radius 2 is 1.07 bits per heavy atom. The number of ether oxygens (including phenoxy) is 11. The SMILES string of the molecule is C[C@H](CCC(=O)O[C@H]1C[C@H]2[C@@H]3CC[C@H]4C[C@@H](O[C@@H]5O[C@H](CO)[C@@H](O[C@@H]6O[C@H](CO)[C@@H](O)[C@H](O[C@@H]7OC[C@@H](O)[C@H](O)[C@H]7O)[C@H]6O[C@@H]6O[C@H](CO)[C@H](O)[C@H](O)[C@H]6O)[C@H](O)[C@H]5O)CC[C@]4(C)[C@H]3CC[C@]2(C)[C@H]1[C@H](C)O)CO[C@@H]1O[C@H](CO)[C@H](O)[C@H](O)[C@H]1O. The van der Waals surface area contributed by atoms with Gasteiger partial charge < -0.3 is 139 Å². The molecule has 0 spiro atoms. The van der Waals surface area contributed by atoms with Gasteiger partial charge in [-0.25, -0.2) is 0 Å². The second-order valence-electron chi connectivity index (χ2n) is 26.1. The topological polar surface area (TPSA) is 463 Å². The minimum atomic E-state index is -2.04. The van der Waals surface area contributed by atoms with Gasteiger partial charge in [0.15, 0.2) is 31.5 Å². The maximum absolute atomic E-state index is 13.6. The molecule has 0 bridgehead atoms. The number of esters is 1. The molecular formula is C56H94O29. The molecule has 492 valence electrons. The van der Waals surface area contributed by atoms with Crippen molar-refractivity contribution in [3.8, 4) is 0 Å². The molecule has 0 amide bonds. The number of hydrogen-bond donors (Lipinski definition) is 17. The Balaban J connectivity index is 0.822. The molecular weight excluding hydrogens is 1140 g/mol. The summed E-state index contributed by atoms with van der Waals surface area (Å²) in [7, 11) is 0. The molecule has 0 aromatic carbocycles. The van der Waals surface area contributed by atoms with Crippen LogP contribution in [-0.2, 0) is 56.9 Å². The molecule has 9 rings (SSSR count). The summed E-state index contributed by atoms with van der Waals surface area (Å²) in [5.74, 6) is 0.0319. The van der Waals surface area contributed by atoms with Crippen LogP contribution in [0.5, 0.6) is 0 Å². The molecule has 29 nitrogen and oxygen atoms in total. The van der Waals surface area contributed by atoms with Gasteiger partial charge in [-0.3, -0.25) is 4.79 Å². The summed E-state index contributed by atoms with van der Waals surface area (Å²) in [5, 5.41) is 181. The fourth-order valence-corrected chi connectivity index (χ4v) is 16.0. The fraction of sp³-hybridized carbons (Fsp3) is 0.982. The van der Waals surface area contributed by atoms with Crippen LogP contribution in [0.4, 0.5) is 0 Å². The van der Waals surface area contributed by atoms with Crippen LogP contribution in [0.1, 0.15) is 91.9 Å². The van der Waals surface area contributed by atoms with Crippen LogP contribution in [0, 0.1) is 46.3 Å². The van der Waals surface area contributed by atoms with E-state index in [1.807, 2.05) is 6.92 Å². The van der Waals surface area contributed by atoms with Crippen LogP contribution >= 0.6 is 0 Å². The van der Waals surface area contributed by atoms with Crippen LogP contribution < -0.4 is 0 Å². The van der Waals surface area contributed by atoms with Gasteiger partial charge in [0.25, 0.3) is 0 Å². The number of aliphatic hydroxyl groups excluding tert-OH is 17. The van der Waals surface area contributed by atoms with Crippen LogP contribution in [-0.4, -0.2) is 298 Å². The van der Waals surface area contributed by atoms with Crippen LogP contribution in [0.2, 0.25) is 0 Å². The lowest BCUT2D eigenvalue weighted by atomic mass is 9.44. The smallest absolute Gasteiger partial charge is 0.306 e. The number of hydrogen-bond acceptors (Lipinski definition) is 29. The first-order chi connectivity index (χ1) is 40.3. The van der Waals surface area contributed by atoms with Crippen molar-refractivity contribution in [3.05, 3.63) is 0 Å². The van der Waals surface area contributed by atoms with E-state index in [1.165, 1.54) is 0 Å². The highest BCUT2D eigenvalue weighted by atomic mass is 16.8. The molecule has 0 aromatic rings. The highest BCUT2D eigenvalue weighted by Gasteiger charge is 2.65. The van der Waals surface area contributed by atoms with Crippen molar-refractivity contribution in [1.29, 1.82) is 0 Å². The number of aliphatic hydroxyl groups is 17. The summed E-state index contributed by atoms with van der Waals surface area (Å²) in [5.41, 5.74) is -0.429. The minimum absolute atomic E-state index is 0.0515. The van der Waals surface area contributed by atoms with E-state index in [0.717, 1.165) is 32.1 Å². The number of rotatable bonds is 20. The van der Waals surface area contributed by atoms with E-state index in [9.17, 15) is 91.6 Å². The molecule has 9 aliphatic rings. The molecule has 0 radical (unpaired) electrons. The first-order valence-electron chi connectivity index (χ1n) is 30.2. The molecule has 85 heavy (non-hydrogen) atoms. The quantitative estimate of drug-likeness (QED) is 0.0399. The molecule has 5 aliphatic heterocycles. The average Bonchev–Trinajstić information content (AvgIpc) is 1.69. The Bertz CT molecular complexity index is 2130. The van der Waals surface area contributed by atoms with Crippen LogP contribution in [0.3, 0.4) is 0 Å². The third-order valence-electron chi connectivity index (χ3n) is 20.9. The van der Waals surface area contributed by atoms with Gasteiger partial charge in [-0.05, 0) is 105 Å². The lowest BCUT2D eigenvalue weighted by Gasteiger charge is -2.61. The van der Waals surface area contributed by atoms with Gasteiger partial charge in [0.05, 0.1) is 51.8 Å². The zero-order valence-corrected chi connectivity index (χ0v) is 48.4. The van der Waals surface area contributed by atoms with E-state index in [1.54, 1.807) is 6.92 Å². The predicted octanol–water partition coefficient (Wildman–Crippen LogP) is -5.92. The lowest BCUT2D eigenvalue weighted by Crippen LogP contribution is -2.68. The Labute approximate surface area is 492 Å². The van der Waals surface area contributed by atoms with Crippen molar-refractivity contribution in [3.63, 3.8) is 0 Å². The van der Waals surface area contributed by atoms with Crippen molar-refractivity contribution >= 4 is 5.97 Å². The summed E-state index contributed by atoms with van der Waals surface area (Å²) < 4.78 is 65.2. The predicted molar refractivity (Wildman–Crippen MR) is 281 cm³/mol. The monoisotopic (exact) mass is 1230 g/mol. The number of fused-ring (bicyclic) bond motifs is 5. The summed E-state index contributed by atoms with van der Waals surface area (Å²) in [6.45, 7) is 4.45. The van der Waals surface area contributed by atoms with Gasteiger partial charge in [0, 0.05) is 12.3 Å². The normalized spacial score (nSPS) is 51.9. The van der Waals surface area contributed by atoms with Crippen molar-refractivity contribution in [2.75, 3.05) is 39.6 Å².